The molecule has 1 amide bonds. The summed E-state index contributed by atoms with van der Waals surface area (Å²) in [6, 6.07) is 5.97. The van der Waals surface area contributed by atoms with Crippen LogP contribution in [-0.2, 0) is 0 Å². The molecule has 0 spiro atoms. The predicted molar refractivity (Wildman–Crippen MR) is 136 cm³/mol. The van der Waals surface area contributed by atoms with Crippen molar-refractivity contribution in [2.45, 2.75) is 59.0 Å². The molecule has 1 N–H and O–H groups in total. The Hall–Kier alpha value is -2.24. The van der Waals surface area contributed by atoms with Gasteiger partial charge in [0.15, 0.2) is 11.3 Å². The van der Waals surface area contributed by atoms with Gasteiger partial charge < -0.3 is 9.73 Å². The molecule has 0 saturated heterocycles. The average Bonchev–Trinajstić information content (AvgIpc) is 3.31. The number of amides is 1. The Morgan fingerprint density at radius 3 is 2.76 bits per heavy atom. The summed E-state index contributed by atoms with van der Waals surface area (Å²) in [7, 11) is 0. The Balaban J connectivity index is 1.41. The highest BCUT2D eigenvalue weighted by atomic mass is 35.5. The molecular formula is C27H29Cl2N3O2. The van der Waals surface area contributed by atoms with Crippen LogP contribution in [0.4, 0.5) is 0 Å². The topological polar surface area (TPSA) is 60.1 Å². The molecule has 0 radical (unpaired) electrons. The van der Waals surface area contributed by atoms with Crippen LogP contribution < -0.4 is 5.32 Å². The van der Waals surface area contributed by atoms with Crippen molar-refractivity contribution in [1.82, 2.24) is 15.1 Å². The number of nitrogens with zero attached hydrogens (tertiary/aromatic N) is 2. The van der Waals surface area contributed by atoms with Crippen LogP contribution in [-0.4, -0.2) is 21.7 Å². The molecule has 7 heteroatoms. The van der Waals surface area contributed by atoms with Crippen molar-refractivity contribution < 1.29 is 9.21 Å². The minimum atomic E-state index is -0.239. The molecule has 178 valence electrons. The summed E-state index contributed by atoms with van der Waals surface area (Å²) in [5, 5.41) is 10.2. The Labute approximate surface area is 209 Å². The molecule has 1 aromatic carbocycles. The van der Waals surface area contributed by atoms with Gasteiger partial charge >= 0.3 is 0 Å². The van der Waals surface area contributed by atoms with E-state index in [2.05, 4.69) is 26.1 Å². The molecule has 7 rings (SSSR count). The molecule has 0 aliphatic heterocycles. The molecule has 34 heavy (non-hydrogen) atoms. The van der Waals surface area contributed by atoms with Gasteiger partial charge in [-0.15, -0.1) is 0 Å². The van der Waals surface area contributed by atoms with E-state index in [1.54, 1.807) is 6.08 Å². The second-order valence-corrected chi connectivity index (χ2v) is 11.9. The monoisotopic (exact) mass is 497 g/mol. The van der Waals surface area contributed by atoms with Crippen LogP contribution in [0.1, 0.15) is 62.1 Å². The number of rotatable bonds is 3. The number of carbonyl (C=O) groups is 1. The van der Waals surface area contributed by atoms with Gasteiger partial charge in [-0.25, -0.2) is 0 Å². The van der Waals surface area contributed by atoms with E-state index in [1.807, 2.05) is 35.9 Å². The van der Waals surface area contributed by atoms with Crippen LogP contribution in [0.25, 0.3) is 22.1 Å². The summed E-state index contributed by atoms with van der Waals surface area (Å²) in [5.74, 6) is 1.56. The van der Waals surface area contributed by atoms with Crippen LogP contribution in [0, 0.1) is 30.1 Å². The Kier molecular flexibility index (Phi) is 4.99. The number of benzene rings is 1. The molecule has 1 unspecified atom stereocenters. The van der Waals surface area contributed by atoms with Gasteiger partial charge in [-0.05, 0) is 73.1 Å². The fourth-order valence-corrected chi connectivity index (χ4v) is 7.13. The predicted octanol–water partition coefficient (Wildman–Crippen LogP) is 7.08. The summed E-state index contributed by atoms with van der Waals surface area (Å²) in [4.78, 5) is 13.6. The van der Waals surface area contributed by atoms with E-state index in [9.17, 15) is 4.79 Å². The fourth-order valence-electron chi connectivity index (χ4n) is 6.57. The van der Waals surface area contributed by atoms with Gasteiger partial charge in [-0.1, -0.05) is 56.1 Å². The smallest absolute Gasteiger partial charge is 0.275 e. The van der Waals surface area contributed by atoms with Crippen LogP contribution in [0.5, 0.6) is 0 Å². The van der Waals surface area contributed by atoms with Crippen molar-refractivity contribution in [2.24, 2.45) is 23.2 Å². The maximum absolute atomic E-state index is 13.6. The van der Waals surface area contributed by atoms with Crippen molar-refractivity contribution in [3.63, 3.8) is 0 Å². The van der Waals surface area contributed by atoms with Gasteiger partial charge in [0.2, 0.25) is 0 Å². The minimum Gasteiger partial charge on any atom is -0.452 e. The van der Waals surface area contributed by atoms with E-state index >= 15 is 0 Å². The number of halogens is 2. The zero-order valence-corrected chi connectivity index (χ0v) is 21.4. The maximum Gasteiger partial charge on any atom is 0.275 e. The summed E-state index contributed by atoms with van der Waals surface area (Å²) >= 11 is 12.8. The third-order valence-corrected chi connectivity index (χ3v) is 9.41. The van der Waals surface area contributed by atoms with E-state index in [-0.39, 0.29) is 18.0 Å². The largest absolute Gasteiger partial charge is 0.452 e. The van der Waals surface area contributed by atoms with Crippen LogP contribution >= 0.6 is 23.2 Å². The van der Waals surface area contributed by atoms with Crippen LogP contribution in [0.2, 0.25) is 0 Å². The summed E-state index contributed by atoms with van der Waals surface area (Å²) < 4.78 is 8.09. The number of carbonyl (C=O) groups excluding carboxylic acids is 1. The number of allylic oxidation sites excluding steroid dienone is 4. The molecular weight excluding hydrogens is 469 g/mol. The normalized spacial score (nSPS) is 30.1. The zero-order chi connectivity index (χ0) is 23.9. The van der Waals surface area contributed by atoms with E-state index < -0.39 is 0 Å². The lowest BCUT2D eigenvalue weighted by Crippen LogP contribution is -2.60. The minimum absolute atomic E-state index is 0.149. The molecule has 4 aliphatic carbocycles. The average molecular weight is 498 g/mol. The standard InChI is InChI=1S/C27H29Cl2N3O2/c1-13-5-7-17-22(9-13)34-25-23(31-32(24(17)25)21-8-6-16(28)12-19(21)29)26(33)30-20-11-15-10-18(14(20)2)27(15,3)4/h5-7,9,12,14-15,18,20-21H,8,10-11H2,1-4H3,(H,30,33)/t14-,15+,18-,20+,21?/m0/s1. The Bertz CT molecular complexity index is 1400. The Morgan fingerprint density at radius 2 is 2.06 bits per heavy atom. The van der Waals surface area contributed by atoms with Crippen molar-refractivity contribution in [2.75, 3.05) is 0 Å². The maximum atomic E-state index is 13.6. The van der Waals surface area contributed by atoms with E-state index in [0.717, 1.165) is 28.5 Å². The number of hydrogen-bond donors (Lipinski definition) is 1. The van der Waals surface area contributed by atoms with E-state index in [1.165, 1.54) is 6.42 Å². The SMILES string of the molecule is Cc1ccc2c(c1)oc1c(C(=O)N[C@@H]3C[C@H]4C[C@@H]([C@@H]3C)C4(C)C)nn(C3CC=C(Cl)C=C3Cl)c12. The van der Waals surface area contributed by atoms with E-state index in [4.69, 9.17) is 32.7 Å². The number of fused-ring (bicyclic) bond motifs is 5. The number of furan rings is 1. The van der Waals surface area contributed by atoms with Crippen molar-refractivity contribution in [3.8, 4) is 0 Å². The molecule has 3 aromatic rings. The molecule has 5 atom stereocenters. The van der Waals surface area contributed by atoms with Crippen molar-refractivity contribution >= 4 is 51.2 Å². The highest BCUT2D eigenvalue weighted by Gasteiger charge is 2.56. The molecule has 2 aromatic heterocycles. The summed E-state index contributed by atoms with van der Waals surface area (Å²) in [6.07, 6.45) is 6.55. The van der Waals surface area contributed by atoms with Gasteiger partial charge in [0.1, 0.15) is 11.1 Å². The molecule has 2 bridgehead atoms. The van der Waals surface area contributed by atoms with Crippen LogP contribution in [0.3, 0.4) is 0 Å². The first-order chi connectivity index (χ1) is 16.1. The quantitative estimate of drug-likeness (QED) is 0.420. The highest BCUT2D eigenvalue weighted by molar-refractivity contribution is 6.35. The number of aromatic nitrogens is 2. The molecule has 2 heterocycles. The van der Waals surface area contributed by atoms with E-state index in [0.29, 0.717) is 50.9 Å². The number of aryl methyl sites for hydroxylation is 1. The lowest BCUT2D eigenvalue weighted by molar-refractivity contribution is -0.113. The van der Waals surface area contributed by atoms with Crippen molar-refractivity contribution in [1.29, 1.82) is 0 Å². The lowest BCUT2D eigenvalue weighted by Gasteiger charge is -2.62. The summed E-state index contributed by atoms with van der Waals surface area (Å²) in [6.45, 7) is 9.03. The number of nitrogens with one attached hydrogen (secondary N) is 1. The molecule has 3 saturated carbocycles. The van der Waals surface area contributed by atoms with Crippen LogP contribution in [0.15, 0.2) is 44.8 Å². The second kappa shape index (κ2) is 7.63. The molecule has 5 nitrogen and oxygen atoms in total. The highest BCUT2D eigenvalue weighted by Crippen LogP contribution is 2.61. The van der Waals surface area contributed by atoms with Gasteiger partial charge in [0, 0.05) is 21.5 Å². The van der Waals surface area contributed by atoms with Crippen molar-refractivity contribution in [3.05, 3.63) is 51.7 Å². The zero-order valence-electron chi connectivity index (χ0n) is 19.9. The summed E-state index contributed by atoms with van der Waals surface area (Å²) in [5.41, 5.74) is 3.83. The fraction of sp³-hybridized carbons (Fsp3) is 0.481. The second-order valence-electron chi connectivity index (χ2n) is 11.0. The third kappa shape index (κ3) is 3.20. The van der Waals surface area contributed by atoms with Gasteiger partial charge in [-0.3, -0.25) is 9.48 Å². The first kappa shape index (κ1) is 22.2. The first-order valence-corrected chi connectivity index (χ1v) is 12.9. The molecule has 3 fully saturated rings. The lowest BCUT2D eigenvalue weighted by atomic mass is 9.45. The van der Waals surface area contributed by atoms with Gasteiger partial charge in [-0.2, -0.15) is 5.10 Å². The van der Waals surface area contributed by atoms with Gasteiger partial charge in [0.25, 0.3) is 5.91 Å². The van der Waals surface area contributed by atoms with Gasteiger partial charge in [0.05, 0.1) is 6.04 Å². The Morgan fingerprint density at radius 1 is 1.26 bits per heavy atom. The number of hydrogen-bond acceptors (Lipinski definition) is 3. The molecule has 4 aliphatic rings. The third-order valence-electron chi connectivity index (χ3n) is 8.78. The first-order valence-electron chi connectivity index (χ1n) is 12.1.